The Morgan fingerprint density at radius 2 is 0.300 bits per heavy atom. The first-order valence-electron chi connectivity index (χ1n) is 14.4. The van der Waals surface area contributed by atoms with E-state index in [2.05, 4.69) is 0 Å². The molecule has 14 heteroatoms. The summed E-state index contributed by atoms with van der Waals surface area (Å²) in [6.45, 7) is 18.8. The van der Waals surface area contributed by atoms with Gasteiger partial charge in [0.2, 0.25) is 0 Å². The van der Waals surface area contributed by atoms with Crippen molar-refractivity contribution in [2.45, 2.75) is 83.1 Å². The van der Waals surface area contributed by atoms with Crippen molar-refractivity contribution in [1.82, 2.24) is 0 Å². The Hall–Kier alpha value is -4.48. The molecule has 0 aliphatic rings. The molecule has 0 fully saturated rings. The van der Waals surface area contributed by atoms with E-state index >= 15 is 0 Å². The molecule has 268 valence electrons. The third kappa shape index (κ3) is 9.39. The van der Waals surface area contributed by atoms with Gasteiger partial charge in [-0.15, -0.1) is 0 Å². The maximum atomic E-state index is 11.0. The van der Waals surface area contributed by atoms with Gasteiger partial charge in [0.05, 0.1) is 35.8 Å². The van der Waals surface area contributed by atoms with Crippen LogP contribution in [0.5, 0.6) is 0 Å². The summed E-state index contributed by atoms with van der Waals surface area (Å²) >= 11 is 0. The van der Waals surface area contributed by atoms with Crippen LogP contribution in [0.15, 0.2) is 0 Å². The van der Waals surface area contributed by atoms with Gasteiger partial charge < -0.3 is 59.4 Å². The van der Waals surface area contributed by atoms with Crippen LogP contribution in [0.25, 0.3) is 0 Å². The summed E-state index contributed by atoms with van der Waals surface area (Å²) in [5.74, 6) is -7.72. The smallest absolute Gasteiger partial charge is 0.545 e. The fraction of sp³-hybridized carbons (Fsp3) is 0.333. The molecule has 3 aromatic rings. The average Bonchev–Trinajstić information content (AvgIpc) is 2.94. The molecule has 0 saturated heterocycles. The average molecular weight is 772 g/mol. The number of rotatable bonds is 6. The Balaban J connectivity index is 0. The standard InChI is InChI=1S/3C12H14O4.2Fe/c3*1-5-6(2)10(12(15)16)8(4)7(3)9(5)11(13)14;;/h3*1-4H3,(H,13,14)(H,15,16);;/q;;;2*+3/p-6. The van der Waals surface area contributed by atoms with Crippen LogP contribution in [0.2, 0.25) is 0 Å². The zero-order chi connectivity index (χ0) is 37.9. The number of carboxylic acids is 6. The van der Waals surface area contributed by atoms with Crippen molar-refractivity contribution >= 4 is 35.8 Å². The van der Waals surface area contributed by atoms with Gasteiger partial charge in [0.15, 0.2) is 0 Å². The van der Waals surface area contributed by atoms with Crippen LogP contribution in [-0.4, -0.2) is 35.8 Å². The van der Waals surface area contributed by atoms with E-state index in [1.165, 1.54) is 0 Å². The molecule has 0 aromatic heterocycles. The summed E-state index contributed by atoms with van der Waals surface area (Å²) in [6, 6.07) is 0. The van der Waals surface area contributed by atoms with E-state index < -0.39 is 35.8 Å². The summed E-state index contributed by atoms with van der Waals surface area (Å²) in [5.41, 5.74) is 5.44. The summed E-state index contributed by atoms with van der Waals surface area (Å²) in [6.07, 6.45) is 0. The van der Waals surface area contributed by atoms with E-state index in [9.17, 15) is 59.4 Å². The van der Waals surface area contributed by atoms with Crippen molar-refractivity contribution in [3.63, 3.8) is 0 Å². The van der Waals surface area contributed by atoms with Gasteiger partial charge in [-0.3, -0.25) is 0 Å². The summed E-state index contributed by atoms with van der Waals surface area (Å²) in [7, 11) is 0. The second-order valence-corrected chi connectivity index (χ2v) is 11.5. The maximum Gasteiger partial charge on any atom is 3.00 e. The third-order valence-corrected chi connectivity index (χ3v) is 9.10. The van der Waals surface area contributed by atoms with Gasteiger partial charge in [-0.1, -0.05) is 0 Å². The first kappa shape index (κ1) is 47.6. The Kier molecular flexibility index (Phi) is 17.6. The SMILES string of the molecule is Cc1c(C)c(C(=O)[O-])c(C)c(C)c1C(=O)[O-].Cc1c(C)c(C(=O)[O-])c(C)c(C)c1C(=O)[O-].Cc1c(C)c(C(=O)[O-])c(C)c(C)c1C(=O)[O-].[Fe+3].[Fe+3]. The van der Waals surface area contributed by atoms with Crippen LogP contribution in [0.1, 0.15) is 129 Å². The Morgan fingerprint density at radius 1 is 0.240 bits per heavy atom. The molecule has 12 nitrogen and oxygen atoms in total. The predicted octanol–water partition coefficient (Wildman–Crippen LogP) is -1.06. The fourth-order valence-corrected chi connectivity index (χ4v) is 5.77. The minimum absolute atomic E-state index is 0. The van der Waals surface area contributed by atoms with Crippen LogP contribution in [0.4, 0.5) is 0 Å². The van der Waals surface area contributed by atoms with Crippen molar-refractivity contribution in [3.8, 4) is 0 Å². The number of aromatic carboxylic acids is 6. The van der Waals surface area contributed by atoms with E-state index in [1.807, 2.05) is 0 Å². The minimum Gasteiger partial charge on any atom is -0.545 e. The molecular weight excluding hydrogens is 736 g/mol. The molecule has 0 bridgehead atoms. The molecule has 0 atom stereocenters. The number of benzene rings is 3. The minimum atomic E-state index is -1.29. The van der Waals surface area contributed by atoms with Crippen LogP contribution in [-0.2, 0) is 34.1 Å². The van der Waals surface area contributed by atoms with Crippen molar-refractivity contribution in [2.24, 2.45) is 0 Å². The van der Waals surface area contributed by atoms with Gasteiger partial charge in [0.25, 0.3) is 0 Å². The quantitative estimate of drug-likeness (QED) is 0.273. The monoisotopic (exact) mass is 772 g/mol. The van der Waals surface area contributed by atoms with Crippen LogP contribution in [0.3, 0.4) is 0 Å². The molecule has 50 heavy (non-hydrogen) atoms. The number of hydrogen-bond acceptors (Lipinski definition) is 12. The van der Waals surface area contributed by atoms with E-state index in [0.717, 1.165) is 0 Å². The Bertz CT molecular complexity index is 1470. The number of carbonyl (C=O) groups excluding carboxylic acids is 6. The molecule has 3 rings (SSSR count). The van der Waals surface area contributed by atoms with E-state index in [0.29, 0.717) is 66.8 Å². The van der Waals surface area contributed by atoms with Crippen LogP contribution >= 0.6 is 0 Å². The van der Waals surface area contributed by atoms with Crippen LogP contribution in [0, 0.1) is 83.1 Å². The van der Waals surface area contributed by atoms with Crippen molar-refractivity contribution < 1.29 is 93.5 Å². The molecule has 3 aromatic carbocycles. The van der Waals surface area contributed by atoms with Crippen molar-refractivity contribution in [3.05, 3.63) is 100 Å². The third-order valence-electron chi connectivity index (χ3n) is 9.10. The number of carboxylic acid groups (broad SMARTS) is 6. The number of carbonyl (C=O) groups is 6. The van der Waals surface area contributed by atoms with E-state index in [4.69, 9.17) is 0 Å². The zero-order valence-electron chi connectivity index (χ0n) is 29.6. The van der Waals surface area contributed by atoms with Crippen LogP contribution < -0.4 is 30.6 Å². The second kappa shape index (κ2) is 18.5. The Morgan fingerprint density at radius 3 is 0.340 bits per heavy atom. The molecule has 0 amide bonds. The zero-order valence-corrected chi connectivity index (χ0v) is 31.8. The van der Waals surface area contributed by atoms with Crippen molar-refractivity contribution in [2.75, 3.05) is 0 Å². The molecule has 0 N–H and O–H groups in total. The summed E-state index contributed by atoms with van der Waals surface area (Å²) in [5, 5.41) is 65.7. The van der Waals surface area contributed by atoms with Gasteiger partial charge in [-0.25, -0.2) is 0 Å². The number of hydrogen-bond donors (Lipinski definition) is 0. The molecule has 0 unspecified atom stereocenters. The first-order chi connectivity index (χ1) is 21.9. The molecule has 2 radical (unpaired) electrons. The molecule has 0 saturated carbocycles. The summed E-state index contributed by atoms with van der Waals surface area (Å²) < 4.78 is 0. The first-order valence-corrected chi connectivity index (χ1v) is 14.4. The van der Waals surface area contributed by atoms with E-state index in [-0.39, 0.29) is 67.5 Å². The molecule has 0 spiro atoms. The van der Waals surface area contributed by atoms with Gasteiger partial charge >= 0.3 is 34.1 Å². The van der Waals surface area contributed by atoms with Gasteiger partial charge in [-0.05, 0) is 150 Å². The second-order valence-electron chi connectivity index (χ2n) is 11.5. The molecule has 0 aliphatic carbocycles. The Labute approximate surface area is 311 Å². The summed E-state index contributed by atoms with van der Waals surface area (Å²) in [4.78, 5) is 65.7. The van der Waals surface area contributed by atoms with Crippen molar-refractivity contribution in [1.29, 1.82) is 0 Å². The normalized spacial score (nSPS) is 9.84. The fourth-order valence-electron chi connectivity index (χ4n) is 5.77. The van der Waals surface area contributed by atoms with Gasteiger partial charge in [-0.2, -0.15) is 0 Å². The molecular formula is C36H36Fe2O12. The predicted molar refractivity (Wildman–Crippen MR) is 162 cm³/mol. The largest absolute Gasteiger partial charge is 3.00 e. The molecule has 0 heterocycles. The van der Waals surface area contributed by atoms with E-state index in [1.54, 1.807) is 83.1 Å². The van der Waals surface area contributed by atoms with Gasteiger partial charge in [0, 0.05) is 33.4 Å². The topological polar surface area (TPSA) is 241 Å². The molecule has 0 aliphatic heterocycles. The maximum absolute atomic E-state index is 11.0. The van der Waals surface area contributed by atoms with Gasteiger partial charge in [0.1, 0.15) is 0 Å².